The van der Waals surface area contributed by atoms with Crippen molar-refractivity contribution < 1.29 is 13.2 Å². The van der Waals surface area contributed by atoms with Gasteiger partial charge in [-0.15, -0.1) is 0 Å². The lowest BCUT2D eigenvalue weighted by Gasteiger charge is -2.33. The average Bonchev–Trinajstić information content (AvgIpc) is 2.38. The molecule has 0 saturated heterocycles. The molecule has 0 aliphatic rings. The summed E-state index contributed by atoms with van der Waals surface area (Å²) in [6, 6.07) is 5.23. The van der Waals surface area contributed by atoms with Gasteiger partial charge in [0.15, 0.2) is 0 Å². The summed E-state index contributed by atoms with van der Waals surface area (Å²) in [5.41, 5.74) is 0.332. The summed E-state index contributed by atoms with van der Waals surface area (Å²) >= 11 is 11.9. The Balaban J connectivity index is 2.49. The van der Waals surface area contributed by atoms with E-state index in [4.69, 9.17) is 23.2 Å². The molecule has 5 nitrogen and oxygen atoms in total. The van der Waals surface area contributed by atoms with Crippen LogP contribution in [0.1, 0.15) is 32.8 Å². The summed E-state index contributed by atoms with van der Waals surface area (Å²) in [5.74, 6) is -0.196. The molecule has 0 bridgehead atoms. The van der Waals surface area contributed by atoms with E-state index >= 15 is 0 Å². The van der Waals surface area contributed by atoms with E-state index in [0.717, 1.165) is 11.8 Å². The maximum absolute atomic E-state index is 11.9. The second-order valence-corrected chi connectivity index (χ2v) is 9.34. The molecule has 0 radical (unpaired) electrons. The number of nitrogens with zero attached hydrogens (tertiary/aromatic N) is 1. The molecule has 0 unspecified atom stereocenters. The smallest absolute Gasteiger partial charge is 0.221 e. The summed E-state index contributed by atoms with van der Waals surface area (Å²) in [4.78, 5) is 11.9. The van der Waals surface area contributed by atoms with Crippen LogP contribution in [-0.2, 0) is 21.2 Å². The SMILES string of the molecule is CC(C)(C)N(CCC(=O)NCCc1ccc(Cl)cc1Cl)S(C)(=O)=O. The van der Waals surface area contributed by atoms with Crippen LogP contribution in [0.2, 0.25) is 10.0 Å². The molecule has 0 heterocycles. The van der Waals surface area contributed by atoms with Crippen LogP contribution in [0.5, 0.6) is 0 Å². The molecule has 0 aliphatic carbocycles. The van der Waals surface area contributed by atoms with Crippen LogP contribution in [0.3, 0.4) is 0 Å². The Bertz CT molecular complexity index is 685. The van der Waals surface area contributed by atoms with Gasteiger partial charge in [0.25, 0.3) is 0 Å². The molecule has 8 heteroatoms. The first-order valence-corrected chi connectivity index (χ1v) is 10.2. The molecular formula is C16H24Cl2N2O3S. The summed E-state index contributed by atoms with van der Waals surface area (Å²) in [7, 11) is -3.37. The van der Waals surface area contributed by atoms with Gasteiger partial charge in [0.05, 0.1) is 6.26 Å². The molecular weight excluding hydrogens is 371 g/mol. The van der Waals surface area contributed by atoms with Gasteiger partial charge in [-0.05, 0) is 44.9 Å². The van der Waals surface area contributed by atoms with Gasteiger partial charge in [-0.2, -0.15) is 4.31 Å². The van der Waals surface area contributed by atoms with Crippen molar-refractivity contribution in [2.45, 2.75) is 39.2 Å². The largest absolute Gasteiger partial charge is 0.356 e. The van der Waals surface area contributed by atoms with Gasteiger partial charge in [-0.25, -0.2) is 8.42 Å². The molecule has 0 aliphatic heterocycles. The summed E-state index contributed by atoms with van der Waals surface area (Å²) < 4.78 is 25.0. The van der Waals surface area contributed by atoms with Crippen LogP contribution >= 0.6 is 23.2 Å². The Kier molecular flexibility index (Phi) is 7.53. The number of carbonyl (C=O) groups excluding carboxylic acids is 1. The first kappa shape index (κ1) is 21.2. The third-order valence-electron chi connectivity index (χ3n) is 3.42. The lowest BCUT2D eigenvalue weighted by atomic mass is 10.1. The van der Waals surface area contributed by atoms with Crippen molar-refractivity contribution in [2.24, 2.45) is 0 Å². The average molecular weight is 395 g/mol. The van der Waals surface area contributed by atoms with Crippen molar-refractivity contribution in [1.29, 1.82) is 0 Å². The Morgan fingerprint density at radius 2 is 1.88 bits per heavy atom. The molecule has 0 aromatic heterocycles. The maximum Gasteiger partial charge on any atom is 0.221 e. The molecule has 0 spiro atoms. The number of nitrogens with one attached hydrogen (secondary N) is 1. The van der Waals surface area contributed by atoms with E-state index in [0.29, 0.717) is 23.0 Å². The zero-order valence-electron chi connectivity index (χ0n) is 14.4. The fourth-order valence-electron chi connectivity index (χ4n) is 2.35. The highest BCUT2D eigenvalue weighted by Crippen LogP contribution is 2.21. The molecule has 24 heavy (non-hydrogen) atoms. The Hall–Kier alpha value is -0.820. The second kappa shape index (κ2) is 8.52. The van der Waals surface area contributed by atoms with Crippen molar-refractivity contribution in [1.82, 2.24) is 9.62 Å². The van der Waals surface area contributed by atoms with E-state index in [1.165, 1.54) is 4.31 Å². The van der Waals surface area contributed by atoms with E-state index in [1.807, 2.05) is 6.07 Å². The fraction of sp³-hybridized carbons (Fsp3) is 0.562. The van der Waals surface area contributed by atoms with Crippen molar-refractivity contribution >= 4 is 39.1 Å². The van der Waals surface area contributed by atoms with Gasteiger partial charge < -0.3 is 5.32 Å². The van der Waals surface area contributed by atoms with Gasteiger partial charge in [0, 0.05) is 35.1 Å². The molecule has 0 fully saturated rings. The first-order chi connectivity index (χ1) is 10.9. The van der Waals surface area contributed by atoms with Crippen molar-refractivity contribution in [3.8, 4) is 0 Å². The topological polar surface area (TPSA) is 66.5 Å². The standard InChI is InChI=1S/C16H24Cl2N2O3S/c1-16(2,3)20(24(4,22)23)10-8-15(21)19-9-7-12-5-6-13(17)11-14(12)18/h5-6,11H,7-10H2,1-4H3,(H,19,21). The van der Waals surface area contributed by atoms with Crippen molar-refractivity contribution in [3.05, 3.63) is 33.8 Å². The van der Waals surface area contributed by atoms with Crippen molar-refractivity contribution in [3.63, 3.8) is 0 Å². The van der Waals surface area contributed by atoms with Crippen LogP contribution in [0.15, 0.2) is 18.2 Å². The lowest BCUT2D eigenvalue weighted by molar-refractivity contribution is -0.121. The van der Waals surface area contributed by atoms with Crippen molar-refractivity contribution in [2.75, 3.05) is 19.3 Å². The normalized spacial score (nSPS) is 12.5. The molecule has 0 saturated carbocycles. The minimum atomic E-state index is -3.37. The first-order valence-electron chi connectivity index (χ1n) is 7.59. The number of rotatable bonds is 7. The molecule has 0 atom stereocenters. The third-order valence-corrected chi connectivity index (χ3v) is 5.54. The zero-order valence-corrected chi connectivity index (χ0v) is 16.7. The monoisotopic (exact) mass is 394 g/mol. The van der Waals surface area contributed by atoms with E-state index in [1.54, 1.807) is 32.9 Å². The maximum atomic E-state index is 11.9. The van der Waals surface area contributed by atoms with Gasteiger partial charge in [0.2, 0.25) is 15.9 Å². The number of hydrogen-bond acceptors (Lipinski definition) is 3. The quantitative estimate of drug-likeness (QED) is 0.772. The Morgan fingerprint density at radius 3 is 2.38 bits per heavy atom. The molecule has 1 aromatic carbocycles. The van der Waals surface area contributed by atoms with Crippen LogP contribution < -0.4 is 5.32 Å². The number of sulfonamides is 1. The number of halogens is 2. The summed E-state index contributed by atoms with van der Waals surface area (Å²) in [6.07, 6.45) is 1.84. The number of hydrogen-bond donors (Lipinski definition) is 1. The summed E-state index contributed by atoms with van der Waals surface area (Å²) in [6.45, 7) is 5.97. The van der Waals surface area contributed by atoms with Crippen LogP contribution in [0, 0.1) is 0 Å². The predicted molar refractivity (Wildman–Crippen MR) is 99.1 cm³/mol. The van der Waals surface area contributed by atoms with Gasteiger partial charge in [0.1, 0.15) is 0 Å². The van der Waals surface area contributed by atoms with Crippen LogP contribution in [0.25, 0.3) is 0 Å². The molecule has 1 amide bonds. The van der Waals surface area contributed by atoms with E-state index in [9.17, 15) is 13.2 Å². The summed E-state index contributed by atoms with van der Waals surface area (Å²) in [5, 5.41) is 3.91. The van der Waals surface area contributed by atoms with E-state index < -0.39 is 15.6 Å². The van der Waals surface area contributed by atoms with Gasteiger partial charge in [-0.3, -0.25) is 4.79 Å². The number of amides is 1. The van der Waals surface area contributed by atoms with Gasteiger partial charge >= 0.3 is 0 Å². The highest BCUT2D eigenvalue weighted by atomic mass is 35.5. The van der Waals surface area contributed by atoms with Gasteiger partial charge in [-0.1, -0.05) is 29.3 Å². The van der Waals surface area contributed by atoms with E-state index in [-0.39, 0.29) is 18.9 Å². The lowest BCUT2D eigenvalue weighted by Crippen LogP contribution is -2.46. The number of carbonyl (C=O) groups is 1. The van der Waals surface area contributed by atoms with Crippen LogP contribution in [0.4, 0.5) is 0 Å². The highest BCUT2D eigenvalue weighted by molar-refractivity contribution is 7.88. The highest BCUT2D eigenvalue weighted by Gasteiger charge is 2.29. The Morgan fingerprint density at radius 1 is 1.25 bits per heavy atom. The minimum Gasteiger partial charge on any atom is -0.356 e. The van der Waals surface area contributed by atoms with Crippen LogP contribution in [-0.4, -0.2) is 43.5 Å². The predicted octanol–water partition coefficient (Wildman–Crippen LogP) is 3.10. The fourth-order valence-corrected chi connectivity index (χ4v) is 4.27. The molecule has 1 aromatic rings. The molecule has 1 N–H and O–H groups in total. The molecule has 136 valence electrons. The number of benzene rings is 1. The van der Waals surface area contributed by atoms with E-state index in [2.05, 4.69) is 5.32 Å². The zero-order chi connectivity index (χ0) is 18.5. The second-order valence-electron chi connectivity index (χ2n) is 6.59. The molecule has 1 rings (SSSR count). The third kappa shape index (κ3) is 6.97. The minimum absolute atomic E-state index is 0.110. The Labute approximate surface area is 154 Å².